The first-order valence-electron chi connectivity index (χ1n) is 7.62. The lowest BCUT2D eigenvalue weighted by molar-refractivity contribution is -0.107. The second kappa shape index (κ2) is 6.46. The Kier molecular flexibility index (Phi) is 4.64. The van der Waals surface area contributed by atoms with Crippen LogP contribution in [0.1, 0.15) is 37.3 Å². The van der Waals surface area contributed by atoms with Crippen molar-refractivity contribution in [3.05, 3.63) is 30.1 Å². The van der Waals surface area contributed by atoms with Crippen molar-refractivity contribution >= 4 is 11.8 Å². The number of nitrogens with zero attached hydrogens (tertiary/aromatic N) is 1. The van der Waals surface area contributed by atoms with Gasteiger partial charge >= 0.3 is 0 Å². The number of ether oxygens (including phenoxy) is 1. The zero-order chi connectivity index (χ0) is 13.8. The number of thioether (sulfide) groups is 1. The van der Waals surface area contributed by atoms with E-state index in [9.17, 15) is 0 Å². The van der Waals surface area contributed by atoms with Gasteiger partial charge in [0.1, 0.15) is 0 Å². The molecule has 2 aliphatic heterocycles. The average molecular weight is 292 g/mol. The fraction of sp³-hybridized carbons (Fsp3) is 0.688. The van der Waals surface area contributed by atoms with Gasteiger partial charge in [0.2, 0.25) is 0 Å². The Balaban J connectivity index is 1.75. The summed E-state index contributed by atoms with van der Waals surface area (Å²) in [6.45, 7) is 0.915. The standard InChI is InChI=1S/C16H24N2OS/c1-17-15(13-2-7-18-8-3-13)14-4-9-19-16(12-14)5-10-20-11-6-16/h2-3,7-8,14-15,17H,4-6,9-12H2,1H3. The van der Waals surface area contributed by atoms with Crippen LogP contribution in [-0.2, 0) is 4.74 Å². The van der Waals surface area contributed by atoms with E-state index in [1.165, 1.54) is 36.3 Å². The molecule has 1 aromatic heterocycles. The summed E-state index contributed by atoms with van der Waals surface area (Å²) < 4.78 is 6.21. The summed E-state index contributed by atoms with van der Waals surface area (Å²) in [5, 5.41) is 3.52. The fourth-order valence-corrected chi connectivity index (χ4v) is 4.92. The molecule has 1 N–H and O–H groups in total. The minimum atomic E-state index is 0.163. The van der Waals surface area contributed by atoms with Gasteiger partial charge in [-0.1, -0.05) is 0 Å². The highest BCUT2D eigenvalue weighted by Crippen LogP contribution is 2.43. The van der Waals surface area contributed by atoms with Crippen LogP contribution >= 0.6 is 11.8 Å². The van der Waals surface area contributed by atoms with Crippen molar-refractivity contribution in [3.8, 4) is 0 Å². The summed E-state index contributed by atoms with van der Waals surface area (Å²) in [7, 11) is 2.07. The number of hydrogen-bond acceptors (Lipinski definition) is 4. The van der Waals surface area contributed by atoms with Gasteiger partial charge in [0.15, 0.2) is 0 Å². The molecule has 0 bridgehead atoms. The lowest BCUT2D eigenvalue weighted by atomic mass is 9.77. The minimum Gasteiger partial charge on any atom is -0.375 e. The molecule has 2 fully saturated rings. The smallest absolute Gasteiger partial charge is 0.0701 e. The van der Waals surface area contributed by atoms with Gasteiger partial charge in [-0.3, -0.25) is 4.98 Å². The number of nitrogens with one attached hydrogen (secondary N) is 1. The lowest BCUT2D eigenvalue weighted by Crippen LogP contribution is -2.45. The van der Waals surface area contributed by atoms with Gasteiger partial charge in [0.25, 0.3) is 0 Å². The second-order valence-electron chi connectivity index (χ2n) is 5.94. The molecule has 110 valence electrons. The van der Waals surface area contributed by atoms with Crippen LogP contribution in [0.15, 0.2) is 24.5 Å². The van der Waals surface area contributed by atoms with E-state index in [0.29, 0.717) is 12.0 Å². The second-order valence-corrected chi connectivity index (χ2v) is 7.17. The molecule has 3 heterocycles. The van der Waals surface area contributed by atoms with Crippen LogP contribution in [0.2, 0.25) is 0 Å². The Labute approximate surface area is 125 Å². The van der Waals surface area contributed by atoms with E-state index in [4.69, 9.17) is 4.74 Å². The van der Waals surface area contributed by atoms with Crippen molar-refractivity contribution in [2.24, 2.45) is 5.92 Å². The predicted octanol–water partition coefficient (Wildman–Crippen LogP) is 3.03. The van der Waals surface area contributed by atoms with Gasteiger partial charge in [-0.2, -0.15) is 11.8 Å². The molecule has 2 atom stereocenters. The Morgan fingerprint density at radius 3 is 2.80 bits per heavy atom. The van der Waals surface area contributed by atoms with Crippen LogP contribution in [-0.4, -0.2) is 35.7 Å². The molecule has 0 saturated carbocycles. The van der Waals surface area contributed by atoms with Gasteiger partial charge < -0.3 is 10.1 Å². The van der Waals surface area contributed by atoms with E-state index < -0.39 is 0 Å². The molecule has 0 aromatic carbocycles. The first-order valence-corrected chi connectivity index (χ1v) is 8.77. The summed E-state index contributed by atoms with van der Waals surface area (Å²) >= 11 is 2.07. The van der Waals surface area contributed by atoms with Crippen molar-refractivity contribution in [2.75, 3.05) is 25.2 Å². The summed E-state index contributed by atoms with van der Waals surface area (Å²) in [5.41, 5.74) is 1.52. The maximum absolute atomic E-state index is 6.21. The zero-order valence-corrected chi connectivity index (χ0v) is 13.0. The third-order valence-corrected chi connectivity index (χ3v) is 5.77. The molecule has 2 saturated heterocycles. The summed E-state index contributed by atoms with van der Waals surface area (Å²) in [6, 6.07) is 4.70. The molecule has 0 amide bonds. The maximum atomic E-state index is 6.21. The van der Waals surface area contributed by atoms with E-state index in [-0.39, 0.29) is 5.60 Å². The Morgan fingerprint density at radius 2 is 2.10 bits per heavy atom. The van der Waals surface area contributed by atoms with E-state index >= 15 is 0 Å². The van der Waals surface area contributed by atoms with Crippen LogP contribution in [0.4, 0.5) is 0 Å². The van der Waals surface area contributed by atoms with Crippen LogP contribution in [0.25, 0.3) is 0 Å². The highest BCUT2D eigenvalue weighted by Gasteiger charge is 2.40. The molecule has 1 aromatic rings. The average Bonchev–Trinajstić information content (AvgIpc) is 2.50. The highest BCUT2D eigenvalue weighted by atomic mass is 32.2. The molecule has 1 spiro atoms. The molecule has 2 aliphatic rings. The number of rotatable bonds is 3. The van der Waals surface area contributed by atoms with Crippen molar-refractivity contribution in [2.45, 2.75) is 37.3 Å². The minimum absolute atomic E-state index is 0.163. The predicted molar refractivity (Wildman–Crippen MR) is 84.0 cm³/mol. The van der Waals surface area contributed by atoms with Crippen molar-refractivity contribution in [3.63, 3.8) is 0 Å². The molecule has 2 unspecified atom stereocenters. The van der Waals surface area contributed by atoms with Crippen molar-refractivity contribution in [1.82, 2.24) is 10.3 Å². The van der Waals surface area contributed by atoms with Gasteiger partial charge in [-0.15, -0.1) is 0 Å². The van der Waals surface area contributed by atoms with Gasteiger partial charge in [-0.05, 0) is 67.9 Å². The SMILES string of the molecule is CNC(c1ccncc1)C1CCOC2(CCSCC2)C1. The topological polar surface area (TPSA) is 34.2 Å². The Morgan fingerprint density at radius 1 is 1.35 bits per heavy atom. The van der Waals surface area contributed by atoms with Crippen LogP contribution in [0.5, 0.6) is 0 Å². The Bertz CT molecular complexity index is 414. The van der Waals surface area contributed by atoms with Crippen molar-refractivity contribution < 1.29 is 4.74 Å². The van der Waals surface area contributed by atoms with Gasteiger partial charge in [-0.25, -0.2) is 0 Å². The molecule has 3 nitrogen and oxygen atoms in total. The summed E-state index contributed by atoms with van der Waals surface area (Å²) in [6.07, 6.45) is 8.59. The third kappa shape index (κ3) is 3.02. The van der Waals surface area contributed by atoms with Crippen LogP contribution in [0, 0.1) is 5.92 Å². The van der Waals surface area contributed by atoms with Crippen LogP contribution < -0.4 is 5.32 Å². The summed E-state index contributed by atoms with van der Waals surface area (Å²) in [4.78, 5) is 4.14. The van der Waals surface area contributed by atoms with E-state index in [2.05, 4.69) is 41.2 Å². The molecule has 20 heavy (non-hydrogen) atoms. The van der Waals surface area contributed by atoms with E-state index in [1.807, 2.05) is 12.4 Å². The van der Waals surface area contributed by atoms with Crippen molar-refractivity contribution in [1.29, 1.82) is 0 Å². The number of pyridine rings is 1. The molecule has 0 aliphatic carbocycles. The molecular weight excluding hydrogens is 268 g/mol. The first kappa shape index (κ1) is 14.4. The molecule has 3 rings (SSSR count). The van der Waals surface area contributed by atoms with E-state index in [1.54, 1.807) is 0 Å². The Hall–Kier alpha value is -0.580. The first-order chi connectivity index (χ1) is 9.83. The monoisotopic (exact) mass is 292 g/mol. The third-order valence-electron chi connectivity index (χ3n) is 4.78. The van der Waals surface area contributed by atoms with Gasteiger partial charge in [0, 0.05) is 25.0 Å². The zero-order valence-electron chi connectivity index (χ0n) is 12.2. The normalized spacial score (nSPS) is 27.4. The van der Waals surface area contributed by atoms with Crippen LogP contribution in [0.3, 0.4) is 0 Å². The fourth-order valence-electron chi connectivity index (χ4n) is 3.69. The molecular formula is C16H24N2OS. The summed E-state index contributed by atoms with van der Waals surface area (Å²) in [5.74, 6) is 3.18. The molecule has 4 heteroatoms. The van der Waals surface area contributed by atoms with Gasteiger partial charge in [0.05, 0.1) is 5.60 Å². The maximum Gasteiger partial charge on any atom is 0.0701 e. The molecule has 0 radical (unpaired) electrons. The van der Waals surface area contributed by atoms with E-state index in [0.717, 1.165) is 13.0 Å². The highest BCUT2D eigenvalue weighted by molar-refractivity contribution is 7.99. The quantitative estimate of drug-likeness (QED) is 0.928. The number of hydrogen-bond donors (Lipinski definition) is 1. The lowest BCUT2D eigenvalue weighted by Gasteiger charge is -2.45. The largest absolute Gasteiger partial charge is 0.375 e. The number of aromatic nitrogens is 1.